The molecule has 6 nitrogen and oxygen atoms in total. The van der Waals surface area contributed by atoms with Crippen molar-refractivity contribution >= 4 is 11.8 Å². The third-order valence-electron chi connectivity index (χ3n) is 4.45. The van der Waals surface area contributed by atoms with Crippen LogP contribution in [0, 0.1) is 5.41 Å². The minimum atomic E-state index is -0.476. The maximum Gasteiger partial charge on any atom is 0.242 e. The fourth-order valence-electron chi connectivity index (χ4n) is 2.80. The van der Waals surface area contributed by atoms with Crippen LogP contribution < -0.4 is 10.1 Å². The zero-order valence-electron chi connectivity index (χ0n) is 16.4. The average molecular weight is 361 g/mol. The number of hydrogen-bond donors (Lipinski definition) is 1. The summed E-state index contributed by atoms with van der Waals surface area (Å²) in [5, 5.41) is 2.73. The van der Waals surface area contributed by atoms with Gasteiger partial charge >= 0.3 is 0 Å². The van der Waals surface area contributed by atoms with E-state index < -0.39 is 5.41 Å². The van der Waals surface area contributed by atoms with Crippen LogP contribution in [0.2, 0.25) is 0 Å². The van der Waals surface area contributed by atoms with E-state index in [0.29, 0.717) is 19.7 Å². The first-order valence-electron chi connectivity index (χ1n) is 9.29. The van der Waals surface area contributed by atoms with Crippen LogP contribution in [0.25, 0.3) is 0 Å². The Morgan fingerprint density at radius 3 is 2.23 bits per heavy atom. The van der Waals surface area contributed by atoms with E-state index in [0.717, 1.165) is 25.4 Å². The molecule has 0 bridgehead atoms. The number of carbonyl (C=O) groups excluding carboxylic acids is 2. The van der Waals surface area contributed by atoms with Gasteiger partial charge in [-0.15, -0.1) is 0 Å². The summed E-state index contributed by atoms with van der Waals surface area (Å²) >= 11 is 0. The molecule has 26 heavy (non-hydrogen) atoms. The van der Waals surface area contributed by atoms with Crippen molar-refractivity contribution < 1.29 is 14.3 Å². The molecular weight excluding hydrogens is 330 g/mol. The summed E-state index contributed by atoms with van der Waals surface area (Å²) in [7, 11) is 0. The van der Waals surface area contributed by atoms with Gasteiger partial charge in [-0.3, -0.25) is 14.5 Å². The molecule has 0 atom stereocenters. The predicted molar refractivity (Wildman–Crippen MR) is 102 cm³/mol. The third kappa shape index (κ3) is 6.02. The first-order valence-corrected chi connectivity index (χ1v) is 9.29. The third-order valence-corrected chi connectivity index (χ3v) is 4.45. The van der Waals surface area contributed by atoms with E-state index in [1.807, 2.05) is 44.7 Å². The van der Waals surface area contributed by atoms with Gasteiger partial charge in [0.25, 0.3) is 0 Å². The van der Waals surface area contributed by atoms with Crippen LogP contribution in [0.5, 0.6) is 5.75 Å². The van der Waals surface area contributed by atoms with Crippen molar-refractivity contribution in [3.05, 3.63) is 29.8 Å². The van der Waals surface area contributed by atoms with E-state index in [9.17, 15) is 9.59 Å². The summed E-state index contributed by atoms with van der Waals surface area (Å²) in [6, 6.07) is 8.17. The van der Waals surface area contributed by atoms with Crippen molar-refractivity contribution in [3.63, 3.8) is 0 Å². The molecule has 6 heteroatoms. The molecule has 0 aromatic heterocycles. The number of ether oxygens (including phenoxy) is 1. The Hall–Kier alpha value is -2.08. The summed E-state index contributed by atoms with van der Waals surface area (Å²) in [6.07, 6.45) is 0. The standard InChI is InChI=1S/C20H31N3O3/c1-5-26-17-8-6-16(7-9-17)15-22-10-12-23(13-11-22)18(24)14-21-19(25)20(2,3)4/h6-9H,5,10-15H2,1-4H3,(H,21,25). The Bertz CT molecular complexity index is 600. The molecule has 1 aliphatic rings. The molecule has 1 aromatic rings. The number of hydrogen-bond acceptors (Lipinski definition) is 4. The summed E-state index contributed by atoms with van der Waals surface area (Å²) < 4.78 is 5.46. The molecule has 1 saturated heterocycles. The lowest BCUT2D eigenvalue weighted by Gasteiger charge is -2.35. The van der Waals surface area contributed by atoms with Crippen molar-refractivity contribution in [1.82, 2.24) is 15.1 Å². The summed E-state index contributed by atoms with van der Waals surface area (Å²) in [4.78, 5) is 28.3. The summed E-state index contributed by atoms with van der Waals surface area (Å²) in [5.74, 6) is 0.785. The van der Waals surface area contributed by atoms with Crippen LogP contribution in [-0.4, -0.2) is 60.9 Å². The zero-order valence-corrected chi connectivity index (χ0v) is 16.4. The molecule has 0 spiro atoms. The molecule has 144 valence electrons. The van der Waals surface area contributed by atoms with Crippen LogP contribution in [0.4, 0.5) is 0 Å². The topological polar surface area (TPSA) is 61.9 Å². The SMILES string of the molecule is CCOc1ccc(CN2CCN(C(=O)CNC(=O)C(C)(C)C)CC2)cc1. The number of carbonyl (C=O) groups is 2. The lowest BCUT2D eigenvalue weighted by Crippen LogP contribution is -2.51. The van der Waals surface area contributed by atoms with Gasteiger partial charge in [-0.2, -0.15) is 0 Å². The molecular formula is C20H31N3O3. The van der Waals surface area contributed by atoms with Crippen LogP contribution in [0.15, 0.2) is 24.3 Å². The van der Waals surface area contributed by atoms with E-state index in [-0.39, 0.29) is 18.4 Å². The maximum atomic E-state index is 12.3. The number of nitrogens with zero attached hydrogens (tertiary/aromatic N) is 2. The minimum Gasteiger partial charge on any atom is -0.494 e. The molecule has 1 N–H and O–H groups in total. The van der Waals surface area contributed by atoms with E-state index in [1.54, 1.807) is 0 Å². The van der Waals surface area contributed by atoms with Crippen LogP contribution in [-0.2, 0) is 16.1 Å². The predicted octanol–water partition coefficient (Wildman–Crippen LogP) is 1.89. The van der Waals surface area contributed by atoms with Gasteiger partial charge in [-0.05, 0) is 24.6 Å². The zero-order chi connectivity index (χ0) is 19.2. The van der Waals surface area contributed by atoms with E-state index >= 15 is 0 Å². The lowest BCUT2D eigenvalue weighted by atomic mass is 9.96. The van der Waals surface area contributed by atoms with E-state index in [1.165, 1.54) is 5.56 Å². The van der Waals surface area contributed by atoms with Crippen molar-refractivity contribution in [2.75, 3.05) is 39.3 Å². The quantitative estimate of drug-likeness (QED) is 0.841. The number of rotatable bonds is 6. The molecule has 1 aromatic carbocycles. The van der Waals surface area contributed by atoms with Gasteiger partial charge < -0.3 is 15.0 Å². The van der Waals surface area contributed by atoms with Crippen LogP contribution in [0.3, 0.4) is 0 Å². The smallest absolute Gasteiger partial charge is 0.242 e. The highest BCUT2D eigenvalue weighted by Gasteiger charge is 2.24. The largest absolute Gasteiger partial charge is 0.494 e. The number of benzene rings is 1. The van der Waals surface area contributed by atoms with Crippen molar-refractivity contribution in [1.29, 1.82) is 0 Å². The molecule has 1 aliphatic heterocycles. The van der Waals surface area contributed by atoms with E-state index in [4.69, 9.17) is 4.74 Å². The van der Waals surface area contributed by atoms with Gasteiger partial charge in [0, 0.05) is 38.1 Å². The molecule has 2 rings (SSSR count). The summed E-state index contributed by atoms with van der Waals surface area (Å²) in [6.45, 7) is 12.2. The molecule has 0 aliphatic carbocycles. The van der Waals surface area contributed by atoms with Crippen LogP contribution in [0.1, 0.15) is 33.3 Å². The van der Waals surface area contributed by atoms with Gasteiger partial charge in [-0.1, -0.05) is 32.9 Å². The van der Waals surface area contributed by atoms with Gasteiger partial charge in [-0.25, -0.2) is 0 Å². The highest BCUT2D eigenvalue weighted by atomic mass is 16.5. The fraction of sp³-hybridized carbons (Fsp3) is 0.600. The van der Waals surface area contributed by atoms with Crippen molar-refractivity contribution in [2.24, 2.45) is 5.41 Å². The highest BCUT2D eigenvalue weighted by molar-refractivity contribution is 5.87. The first kappa shape index (κ1) is 20.2. The number of nitrogens with one attached hydrogen (secondary N) is 1. The van der Waals surface area contributed by atoms with Crippen molar-refractivity contribution in [3.8, 4) is 5.75 Å². The van der Waals surface area contributed by atoms with Gasteiger partial charge in [0.05, 0.1) is 13.2 Å². The first-order chi connectivity index (χ1) is 12.3. The molecule has 0 radical (unpaired) electrons. The fourth-order valence-corrected chi connectivity index (χ4v) is 2.80. The highest BCUT2D eigenvalue weighted by Crippen LogP contribution is 2.15. The van der Waals surface area contributed by atoms with E-state index in [2.05, 4.69) is 22.3 Å². The Morgan fingerprint density at radius 2 is 1.69 bits per heavy atom. The Labute approximate surface area is 156 Å². The normalized spacial score (nSPS) is 15.6. The molecule has 1 fully saturated rings. The maximum absolute atomic E-state index is 12.3. The van der Waals surface area contributed by atoms with Crippen LogP contribution >= 0.6 is 0 Å². The monoisotopic (exact) mass is 361 g/mol. The van der Waals surface area contributed by atoms with Crippen molar-refractivity contribution in [2.45, 2.75) is 34.2 Å². The minimum absolute atomic E-state index is 0.0108. The number of piperazine rings is 1. The molecule has 1 heterocycles. The summed E-state index contributed by atoms with van der Waals surface area (Å²) in [5.41, 5.74) is 0.766. The molecule has 0 unspecified atom stereocenters. The Morgan fingerprint density at radius 1 is 1.08 bits per heavy atom. The molecule has 0 saturated carbocycles. The lowest BCUT2D eigenvalue weighted by molar-refractivity contribution is -0.136. The second kappa shape index (κ2) is 9.03. The molecule has 2 amide bonds. The van der Waals surface area contributed by atoms with Gasteiger partial charge in [0.1, 0.15) is 5.75 Å². The number of amides is 2. The Balaban J connectivity index is 1.74. The average Bonchev–Trinajstić information content (AvgIpc) is 2.61. The van der Waals surface area contributed by atoms with Gasteiger partial charge in [0.2, 0.25) is 11.8 Å². The van der Waals surface area contributed by atoms with Gasteiger partial charge in [0.15, 0.2) is 0 Å². The second-order valence-corrected chi connectivity index (χ2v) is 7.67. The Kier molecular flexibility index (Phi) is 7.03. The second-order valence-electron chi connectivity index (χ2n) is 7.67.